The summed E-state index contributed by atoms with van der Waals surface area (Å²) in [7, 11) is 0. The molecule has 35 heavy (non-hydrogen) atoms. The third-order valence-electron chi connectivity index (χ3n) is 7.12. The highest BCUT2D eigenvalue weighted by atomic mass is 19.1. The summed E-state index contributed by atoms with van der Waals surface area (Å²) in [5, 5.41) is 0. The Morgan fingerprint density at radius 3 is 2.26 bits per heavy atom. The number of halogens is 1. The minimum absolute atomic E-state index is 0.184. The van der Waals surface area contributed by atoms with Gasteiger partial charge < -0.3 is 9.47 Å². The van der Waals surface area contributed by atoms with Crippen LogP contribution < -0.4 is 9.47 Å². The number of hydrogen-bond donors (Lipinski definition) is 0. The maximum absolute atomic E-state index is 14.5. The van der Waals surface area contributed by atoms with Crippen LogP contribution in [-0.4, -0.2) is 12.6 Å². The van der Waals surface area contributed by atoms with E-state index in [4.69, 9.17) is 9.47 Å². The van der Waals surface area contributed by atoms with Crippen molar-refractivity contribution < 1.29 is 18.7 Å². The molecule has 3 nitrogen and oxygen atoms in total. The molecule has 0 spiro atoms. The first-order valence-corrected chi connectivity index (χ1v) is 13.9. The molecule has 0 radical (unpaired) electrons. The second-order valence-corrected chi connectivity index (χ2v) is 10.0. The van der Waals surface area contributed by atoms with Gasteiger partial charge in [-0.3, -0.25) is 0 Å². The van der Waals surface area contributed by atoms with E-state index in [1.165, 1.54) is 94.7 Å². The summed E-state index contributed by atoms with van der Waals surface area (Å²) in [4.78, 5) is 12.5. The van der Waals surface area contributed by atoms with Gasteiger partial charge >= 0.3 is 5.97 Å². The van der Waals surface area contributed by atoms with Crippen LogP contribution >= 0.6 is 0 Å². The number of rotatable bonds is 15. The maximum Gasteiger partial charge on any atom is 0.343 e. The first-order chi connectivity index (χ1) is 17.2. The highest BCUT2D eigenvalue weighted by Crippen LogP contribution is 2.28. The van der Waals surface area contributed by atoms with Crippen molar-refractivity contribution >= 4 is 5.97 Å². The Balaban J connectivity index is 1.37. The van der Waals surface area contributed by atoms with Crippen LogP contribution in [0.1, 0.15) is 113 Å². The van der Waals surface area contributed by atoms with E-state index < -0.39 is 11.8 Å². The average molecular weight is 483 g/mol. The lowest BCUT2D eigenvalue weighted by Crippen LogP contribution is -2.09. The zero-order valence-corrected chi connectivity index (χ0v) is 21.5. The largest absolute Gasteiger partial charge is 0.491 e. The zero-order valence-electron chi connectivity index (χ0n) is 21.5. The van der Waals surface area contributed by atoms with E-state index in [9.17, 15) is 9.18 Å². The van der Waals surface area contributed by atoms with Gasteiger partial charge in [-0.1, -0.05) is 96.1 Å². The van der Waals surface area contributed by atoms with Crippen molar-refractivity contribution in [1.29, 1.82) is 0 Å². The summed E-state index contributed by atoms with van der Waals surface area (Å²) in [5.41, 5.74) is 1.45. The van der Waals surface area contributed by atoms with E-state index in [0.29, 0.717) is 12.4 Å². The van der Waals surface area contributed by atoms with Gasteiger partial charge in [-0.05, 0) is 61.1 Å². The molecular formula is C31H43FO3. The smallest absolute Gasteiger partial charge is 0.343 e. The van der Waals surface area contributed by atoms with Gasteiger partial charge in [0.25, 0.3) is 0 Å². The fourth-order valence-corrected chi connectivity index (χ4v) is 4.90. The molecule has 0 bridgehead atoms. The Morgan fingerprint density at radius 1 is 0.886 bits per heavy atom. The molecule has 4 heteroatoms. The average Bonchev–Trinajstić information content (AvgIpc) is 2.88. The lowest BCUT2D eigenvalue weighted by atomic mass is 9.85. The number of carbonyl (C=O) groups excluding carboxylic acids is 1. The van der Waals surface area contributed by atoms with E-state index in [1.807, 2.05) is 24.3 Å². The molecule has 0 aliphatic heterocycles. The van der Waals surface area contributed by atoms with Crippen LogP contribution in [0.4, 0.5) is 4.39 Å². The highest BCUT2D eigenvalue weighted by molar-refractivity contribution is 5.91. The summed E-state index contributed by atoms with van der Waals surface area (Å²) in [6, 6.07) is 12.0. The molecule has 3 rings (SSSR count). The molecule has 2 aromatic rings. The second-order valence-electron chi connectivity index (χ2n) is 10.0. The van der Waals surface area contributed by atoms with Crippen LogP contribution in [0.15, 0.2) is 42.5 Å². The fraction of sp³-hybridized carbons (Fsp3) is 0.581. The summed E-state index contributed by atoms with van der Waals surface area (Å²) >= 11 is 0. The van der Waals surface area contributed by atoms with Gasteiger partial charge in [0.15, 0.2) is 11.6 Å². The molecule has 1 aliphatic carbocycles. The first-order valence-electron chi connectivity index (χ1n) is 13.9. The van der Waals surface area contributed by atoms with Gasteiger partial charge in [0.2, 0.25) is 0 Å². The molecule has 192 valence electrons. The molecular weight excluding hydrogens is 439 g/mol. The number of aryl methyl sites for hydroxylation is 1. The van der Waals surface area contributed by atoms with Crippen molar-refractivity contribution in [2.24, 2.45) is 5.92 Å². The second kappa shape index (κ2) is 15.6. The number of benzene rings is 2. The molecule has 0 atom stereocenters. The number of ether oxygens (including phenoxy) is 2. The molecule has 2 aromatic carbocycles. The minimum Gasteiger partial charge on any atom is -0.491 e. The van der Waals surface area contributed by atoms with E-state index in [1.54, 1.807) is 6.07 Å². The Labute approximate surface area is 211 Å². The summed E-state index contributed by atoms with van der Waals surface area (Å²) < 4.78 is 25.5. The fourth-order valence-electron chi connectivity index (χ4n) is 4.90. The number of carbonyl (C=O) groups is 1. The molecule has 0 aromatic heterocycles. The van der Waals surface area contributed by atoms with Gasteiger partial charge in [-0.25, -0.2) is 9.18 Å². The van der Waals surface area contributed by atoms with Crippen LogP contribution in [0, 0.1) is 11.7 Å². The van der Waals surface area contributed by atoms with Crippen LogP contribution in [0.3, 0.4) is 0 Å². The maximum atomic E-state index is 14.5. The lowest BCUT2D eigenvalue weighted by molar-refractivity contribution is 0.0734. The van der Waals surface area contributed by atoms with Gasteiger partial charge in [-0.15, -0.1) is 0 Å². The number of hydrogen-bond acceptors (Lipinski definition) is 3. The highest BCUT2D eigenvalue weighted by Gasteiger charge is 2.15. The summed E-state index contributed by atoms with van der Waals surface area (Å²) in [5.74, 6) is 0.424. The normalized spacial score (nSPS) is 14.1. The zero-order chi connectivity index (χ0) is 24.7. The third kappa shape index (κ3) is 10.0. The monoisotopic (exact) mass is 482 g/mol. The Morgan fingerprint density at radius 2 is 1.57 bits per heavy atom. The standard InChI is InChI=1S/C31H43FO3/c1-2-3-4-5-6-7-8-12-23-34-30-22-19-27(24-29(30)32)31(33)35-28-20-17-26(18-21-28)16-15-25-13-10-9-11-14-25/h17-22,24-25H,2-16,23H2,1H3. The summed E-state index contributed by atoms with van der Waals surface area (Å²) in [6.45, 7) is 2.71. The predicted molar refractivity (Wildman–Crippen MR) is 141 cm³/mol. The molecule has 0 saturated heterocycles. The molecule has 1 fully saturated rings. The van der Waals surface area contributed by atoms with Gasteiger partial charge in [0.1, 0.15) is 5.75 Å². The topological polar surface area (TPSA) is 35.5 Å². The van der Waals surface area contributed by atoms with Gasteiger partial charge in [0, 0.05) is 0 Å². The van der Waals surface area contributed by atoms with Crippen molar-refractivity contribution in [1.82, 2.24) is 0 Å². The summed E-state index contributed by atoms with van der Waals surface area (Å²) in [6.07, 6.45) is 18.8. The Hall–Kier alpha value is -2.36. The minimum atomic E-state index is -0.562. The van der Waals surface area contributed by atoms with Crippen molar-refractivity contribution in [3.05, 3.63) is 59.4 Å². The lowest BCUT2D eigenvalue weighted by Gasteiger charge is -2.21. The number of unbranched alkanes of at least 4 members (excludes halogenated alkanes) is 7. The molecule has 1 aliphatic rings. The third-order valence-corrected chi connectivity index (χ3v) is 7.12. The van der Waals surface area contributed by atoms with Crippen molar-refractivity contribution in [2.45, 2.75) is 103 Å². The van der Waals surface area contributed by atoms with Crippen LogP contribution in [0.25, 0.3) is 0 Å². The van der Waals surface area contributed by atoms with Crippen LogP contribution in [-0.2, 0) is 6.42 Å². The van der Waals surface area contributed by atoms with Gasteiger partial charge in [0.05, 0.1) is 12.2 Å². The SMILES string of the molecule is CCCCCCCCCCOc1ccc(C(=O)Oc2ccc(CCC3CCCCC3)cc2)cc1F. The molecule has 0 unspecified atom stereocenters. The predicted octanol–water partition coefficient (Wildman–Crippen LogP) is 9.08. The molecule has 0 heterocycles. The van der Waals surface area contributed by atoms with Gasteiger partial charge in [-0.2, -0.15) is 0 Å². The van der Waals surface area contributed by atoms with Crippen LogP contribution in [0.2, 0.25) is 0 Å². The Bertz CT molecular complexity index is 871. The number of esters is 1. The molecule has 0 N–H and O–H groups in total. The quantitative estimate of drug-likeness (QED) is 0.144. The van der Waals surface area contributed by atoms with E-state index in [-0.39, 0.29) is 11.3 Å². The van der Waals surface area contributed by atoms with Crippen molar-refractivity contribution in [2.75, 3.05) is 6.61 Å². The Kier molecular flexibility index (Phi) is 12.1. The molecule has 1 saturated carbocycles. The van der Waals surface area contributed by atoms with Crippen LogP contribution in [0.5, 0.6) is 11.5 Å². The van der Waals surface area contributed by atoms with E-state index in [2.05, 4.69) is 6.92 Å². The molecule has 0 amide bonds. The van der Waals surface area contributed by atoms with E-state index >= 15 is 0 Å². The van der Waals surface area contributed by atoms with Crippen molar-refractivity contribution in [3.8, 4) is 11.5 Å². The van der Waals surface area contributed by atoms with E-state index in [0.717, 1.165) is 25.2 Å². The first kappa shape index (κ1) is 27.2. The van der Waals surface area contributed by atoms with Crippen molar-refractivity contribution in [3.63, 3.8) is 0 Å².